The molecule has 2 aromatic heterocycles. The molecule has 0 N–H and O–H groups in total. The molecule has 0 bridgehead atoms. The fraction of sp³-hybridized carbons (Fsp3) is 0.417. The summed E-state index contributed by atoms with van der Waals surface area (Å²) < 4.78 is 102. The van der Waals surface area contributed by atoms with Crippen molar-refractivity contribution in [2.45, 2.75) is 105 Å². The van der Waals surface area contributed by atoms with Crippen LogP contribution in [0.4, 0.5) is 26.3 Å². The first-order chi connectivity index (χ1) is 30.8. The highest BCUT2D eigenvalue weighted by molar-refractivity contribution is 9.10. The molecule has 66 heavy (non-hydrogen) atoms. The highest BCUT2D eigenvalue weighted by Crippen LogP contribution is 2.38. The Morgan fingerprint density at radius 1 is 0.652 bits per heavy atom. The average Bonchev–Trinajstić information content (AvgIpc) is 3.85. The molecule has 354 valence electrons. The number of hydrogen-bond donors (Lipinski definition) is 0. The molecule has 4 aromatic carbocycles. The zero-order chi connectivity index (χ0) is 48.9. The zero-order valence-corrected chi connectivity index (χ0v) is 40.1. The van der Waals surface area contributed by atoms with Crippen molar-refractivity contribution in [3.8, 4) is 0 Å². The summed E-state index contributed by atoms with van der Waals surface area (Å²) in [5.41, 5.74) is 2.44. The monoisotopic (exact) mass is 986 g/mol. The van der Waals surface area contributed by atoms with Gasteiger partial charge in [-0.2, -0.15) is 36.5 Å². The normalized spacial score (nSPS) is 14.6. The molecule has 0 radical (unpaired) electrons. The van der Waals surface area contributed by atoms with E-state index in [2.05, 4.69) is 53.8 Å². The maximum Gasteiger partial charge on any atom is 0.462 e. The molecule has 6 aromatic rings. The predicted molar refractivity (Wildman–Crippen MR) is 245 cm³/mol. The summed E-state index contributed by atoms with van der Waals surface area (Å²) in [5.74, 6) is -0.161. The minimum absolute atomic E-state index is 0.223. The third-order valence-electron chi connectivity index (χ3n) is 11.1. The average molecular weight is 988 g/mol. The van der Waals surface area contributed by atoms with Gasteiger partial charge in [-0.05, 0) is 105 Å². The van der Waals surface area contributed by atoms with Crippen LogP contribution in [-0.2, 0) is 57.0 Å². The number of carbonyl (C=O) groups is 2. The van der Waals surface area contributed by atoms with Gasteiger partial charge in [0.25, 0.3) is 0 Å². The van der Waals surface area contributed by atoms with E-state index < -0.39 is 53.7 Å². The van der Waals surface area contributed by atoms with Crippen LogP contribution in [0.1, 0.15) is 104 Å². The van der Waals surface area contributed by atoms with Gasteiger partial charge in [-0.1, -0.05) is 86.1 Å². The number of benzene rings is 4. The van der Waals surface area contributed by atoms with Gasteiger partial charge in [0.2, 0.25) is 0 Å². The maximum absolute atomic E-state index is 12.8. The fourth-order valence-corrected chi connectivity index (χ4v) is 7.73. The Balaban J connectivity index is 0.000000192. The largest absolute Gasteiger partial charge is 0.464 e. The molecule has 7 rings (SSSR count). The summed E-state index contributed by atoms with van der Waals surface area (Å²) in [6, 6.07) is 21.5. The van der Waals surface area contributed by atoms with Gasteiger partial charge in [0.1, 0.15) is 0 Å². The van der Waals surface area contributed by atoms with E-state index in [0.29, 0.717) is 47.8 Å². The smallest absolute Gasteiger partial charge is 0.462 e. The molecular formula is C48H54BBrF6N4O6. The van der Waals surface area contributed by atoms with Gasteiger partial charge in [0.05, 0.1) is 47.6 Å². The Morgan fingerprint density at radius 3 is 1.48 bits per heavy atom. The molecule has 0 unspecified atom stereocenters. The van der Waals surface area contributed by atoms with Crippen molar-refractivity contribution in [1.82, 2.24) is 19.6 Å². The van der Waals surface area contributed by atoms with Crippen LogP contribution >= 0.6 is 15.9 Å². The van der Waals surface area contributed by atoms with Gasteiger partial charge in [-0.25, -0.2) is 9.59 Å². The Labute approximate surface area is 389 Å². The SMILES string of the molecule is CC1(C)OB(Cc2ccc(C(F)(F)F)cc2)OC1(C)C.COC(=O)c1nn(CC(C)C)c2cccc(Br)c12.COC(=O)c1nn(CC(C)C)c2cccc(Cc3ccc(C(F)(F)F)cc3)c12. The lowest BCUT2D eigenvalue weighted by Gasteiger charge is -2.32. The van der Waals surface area contributed by atoms with E-state index in [0.717, 1.165) is 62.8 Å². The van der Waals surface area contributed by atoms with Crippen LogP contribution in [0.5, 0.6) is 0 Å². The molecule has 1 aliphatic rings. The van der Waals surface area contributed by atoms with E-state index >= 15 is 0 Å². The lowest BCUT2D eigenvalue weighted by atomic mass is 9.80. The fourth-order valence-electron chi connectivity index (χ4n) is 7.19. The number of carbonyl (C=O) groups excluding carboxylic acids is 2. The van der Waals surface area contributed by atoms with Gasteiger partial charge >= 0.3 is 31.4 Å². The van der Waals surface area contributed by atoms with E-state index in [9.17, 15) is 35.9 Å². The van der Waals surface area contributed by atoms with Crippen LogP contribution < -0.4 is 0 Å². The lowest BCUT2D eigenvalue weighted by Crippen LogP contribution is -2.41. The topological polar surface area (TPSA) is 107 Å². The lowest BCUT2D eigenvalue weighted by molar-refractivity contribution is -0.138. The van der Waals surface area contributed by atoms with E-state index in [1.807, 2.05) is 68.8 Å². The summed E-state index contributed by atoms with van der Waals surface area (Å²) in [5, 5.41) is 10.3. The molecule has 1 fully saturated rings. The first-order valence-corrected chi connectivity index (χ1v) is 22.0. The van der Waals surface area contributed by atoms with Gasteiger partial charge in [-0.3, -0.25) is 9.36 Å². The van der Waals surface area contributed by atoms with E-state index in [-0.39, 0.29) is 5.69 Å². The molecule has 0 saturated carbocycles. The Bertz CT molecular complexity index is 2610. The van der Waals surface area contributed by atoms with Crippen LogP contribution in [0.15, 0.2) is 89.4 Å². The number of hydrogen-bond acceptors (Lipinski definition) is 8. The van der Waals surface area contributed by atoms with E-state index in [4.69, 9.17) is 18.8 Å². The van der Waals surface area contributed by atoms with Crippen LogP contribution in [0.3, 0.4) is 0 Å². The molecule has 10 nitrogen and oxygen atoms in total. The second-order valence-corrected chi connectivity index (χ2v) is 18.6. The second kappa shape index (κ2) is 20.8. The number of methoxy groups -OCH3 is 2. The Morgan fingerprint density at radius 2 is 1.06 bits per heavy atom. The number of aromatic nitrogens is 4. The van der Waals surface area contributed by atoms with Crippen molar-refractivity contribution in [3.05, 3.63) is 129 Å². The highest BCUT2D eigenvalue weighted by atomic mass is 79.9. The number of nitrogens with zero attached hydrogens (tertiary/aromatic N) is 4. The third-order valence-corrected chi connectivity index (χ3v) is 11.7. The van der Waals surface area contributed by atoms with Gasteiger partial charge < -0.3 is 18.8 Å². The number of fused-ring (bicyclic) bond motifs is 2. The molecule has 1 aliphatic heterocycles. The predicted octanol–water partition coefficient (Wildman–Crippen LogP) is 12.2. The van der Waals surface area contributed by atoms with Crippen molar-refractivity contribution >= 4 is 56.8 Å². The summed E-state index contributed by atoms with van der Waals surface area (Å²) >= 11 is 3.46. The highest BCUT2D eigenvalue weighted by Gasteiger charge is 2.50. The van der Waals surface area contributed by atoms with Crippen molar-refractivity contribution in [1.29, 1.82) is 0 Å². The van der Waals surface area contributed by atoms with E-state index in [1.165, 1.54) is 38.5 Å². The molecule has 0 atom stereocenters. The summed E-state index contributed by atoms with van der Waals surface area (Å²) in [6.45, 7) is 17.5. The third kappa shape index (κ3) is 12.4. The summed E-state index contributed by atoms with van der Waals surface area (Å²) in [7, 11) is 2.23. The first-order valence-electron chi connectivity index (χ1n) is 21.2. The molecule has 0 spiro atoms. The minimum Gasteiger partial charge on any atom is -0.464 e. The number of alkyl halides is 6. The number of esters is 2. The standard InChI is InChI=1S/C21H21F3N2O2.C14H18BF3O2.C13H15BrN2O2/c1-13(2)12-26-17-6-4-5-15(18(17)19(25-26)20(27)28-3)11-14-7-9-16(10-8-14)21(22,23)24;1-12(2)13(3,4)20-15(19-12)9-10-5-7-11(8-6-10)14(16,17)18;1-8(2)7-16-10-6-4-5-9(14)11(10)12(15-16)13(17)18-3/h4-10,13H,11-12H2,1-3H3;5-8H,9H2,1-4H3;4-6,8H,7H2,1-3H3. The first kappa shape index (κ1) is 51.8. The van der Waals surface area contributed by atoms with Crippen molar-refractivity contribution in [3.63, 3.8) is 0 Å². The van der Waals surface area contributed by atoms with Gasteiger partial charge in [-0.15, -0.1) is 0 Å². The molecule has 0 amide bonds. The van der Waals surface area contributed by atoms with Crippen molar-refractivity contribution < 1.29 is 54.7 Å². The summed E-state index contributed by atoms with van der Waals surface area (Å²) in [4.78, 5) is 24.0. The molecule has 3 heterocycles. The Hall–Kier alpha value is -5.20. The van der Waals surface area contributed by atoms with Crippen LogP contribution in [0.2, 0.25) is 0 Å². The summed E-state index contributed by atoms with van der Waals surface area (Å²) in [6.07, 6.45) is -7.85. The molecule has 0 aliphatic carbocycles. The number of halogens is 7. The molecular weight excluding hydrogens is 933 g/mol. The minimum atomic E-state index is -4.37. The maximum atomic E-state index is 12.8. The van der Waals surface area contributed by atoms with Gasteiger partial charge in [0, 0.05) is 34.7 Å². The van der Waals surface area contributed by atoms with Crippen LogP contribution in [0.25, 0.3) is 21.8 Å². The van der Waals surface area contributed by atoms with Gasteiger partial charge in [0.15, 0.2) is 11.4 Å². The van der Waals surface area contributed by atoms with E-state index in [1.54, 1.807) is 4.68 Å². The molecule has 1 saturated heterocycles. The number of rotatable bonds is 10. The molecule has 18 heteroatoms. The Kier molecular flexibility index (Phi) is 16.3. The van der Waals surface area contributed by atoms with Crippen molar-refractivity contribution in [2.75, 3.05) is 14.2 Å². The zero-order valence-electron chi connectivity index (χ0n) is 38.5. The number of ether oxygens (including phenoxy) is 2. The van der Waals surface area contributed by atoms with Crippen LogP contribution in [-0.4, -0.2) is 64.0 Å². The quantitative estimate of drug-likeness (QED) is 0.0759. The van der Waals surface area contributed by atoms with Crippen molar-refractivity contribution in [2.24, 2.45) is 11.8 Å². The second-order valence-electron chi connectivity index (χ2n) is 17.7. The van der Waals surface area contributed by atoms with Crippen LogP contribution in [0, 0.1) is 11.8 Å².